The average Bonchev–Trinajstić information content (AvgIpc) is 2.56. The largest absolute Gasteiger partial charge is 0.484 e. The van der Waals surface area contributed by atoms with E-state index in [2.05, 4.69) is 0 Å². The maximum atomic E-state index is 12.7. The molecule has 1 aromatic carbocycles. The Hall–Kier alpha value is -3.11. The van der Waals surface area contributed by atoms with Crippen LogP contribution in [0.1, 0.15) is 48.3 Å². The van der Waals surface area contributed by atoms with E-state index in [1.165, 1.54) is 29.8 Å². The summed E-state index contributed by atoms with van der Waals surface area (Å²) in [5.74, 6) is -0.917. The molecule has 7 heteroatoms. The van der Waals surface area contributed by atoms with Gasteiger partial charge >= 0.3 is 5.97 Å². The molecule has 0 fully saturated rings. The maximum Gasteiger partial charge on any atom is 0.341 e. The van der Waals surface area contributed by atoms with Gasteiger partial charge < -0.3 is 19.5 Å². The third-order valence-corrected chi connectivity index (χ3v) is 5.03. The van der Waals surface area contributed by atoms with E-state index in [4.69, 9.17) is 4.74 Å². The van der Waals surface area contributed by atoms with E-state index < -0.39 is 34.3 Å². The number of fused-ring (bicyclic) bond motifs is 1. The van der Waals surface area contributed by atoms with E-state index in [0.717, 1.165) is 0 Å². The SMILES string of the molecule is CC1(C)Oc2ccc(C#N)cc2C(n2cccc(C(=O)O)c2=O)C1(C)O. The number of nitriles is 1. The molecule has 134 valence electrons. The molecule has 2 N–H and O–H groups in total. The Morgan fingerprint density at radius 3 is 2.62 bits per heavy atom. The van der Waals surface area contributed by atoms with E-state index in [0.29, 0.717) is 16.9 Å². The van der Waals surface area contributed by atoms with Gasteiger partial charge in [-0.15, -0.1) is 0 Å². The quantitative estimate of drug-likeness (QED) is 0.852. The van der Waals surface area contributed by atoms with Crippen LogP contribution in [0.2, 0.25) is 0 Å². The number of carboxylic acid groups (broad SMARTS) is 1. The van der Waals surface area contributed by atoms with Gasteiger partial charge in [0.05, 0.1) is 17.7 Å². The number of benzene rings is 1. The van der Waals surface area contributed by atoms with Gasteiger partial charge in [0.25, 0.3) is 5.56 Å². The van der Waals surface area contributed by atoms with Crippen LogP contribution in [0.25, 0.3) is 0 Å². The molecule has 2 heterocycles. The first-order chi connectivity index (χ1) is 12.1. The number of nitrogens with zero attached hydrogens (tertiary/aromatic N) is 2. The van der Waals surface area contributed by atoms with Crippen LogP contribution in [0, 0.1) is 11.3 Å². The molecular weight excluding hydrogens is 336 g/mol. The van der Waals surface area contributed by atoms with Crippen molar-refractivity contribution in [2.24, 2.45) is 0 Å². The van der Waals surface area contributed by atoms with Crippen molar-refractivity contribution in [3.05, 3.63) is 63.6 Å². The molecule has 2 atom stereocenters. The Balaban J connectivity index is 2.36. The fourth-order valence-corrected chi connectivity index (χ4v) is 3.23. The average molecular weight is 354 g/mol. The number of hydrogen-bond donors (Lipinski definition) is 2. The zero-order valence-corrected chi connectivity index (χ0v) is 14.6. The van der Waals surface area contributed by atoms with Gasteiger partial charge in [0, 0.05) is 11.8 Å². The Morgan fingerprint density at radius 1 is 1.31 bits per heavy atom. The standard InChI is InChI=1S/C19H18N2O5/c1-18(2)19(3,25)15(13-9-11(10-20)6-7-14(13)26-18)21-8-4-5-12(16(21)22)17(23)24/h4-9,15,25H,1-3H3,(H,23,24). The number of ether oxygens (including phenoxy) is 1. The van der Waals surface area contributed by atoms with E-state index in [1.54, 1.807) is 32.0 Å². The Labute approximate surface area is 149 Å². The molecule has 0 radical (unpaired) electrons. The van der Waals surface area contributed by atoms with Crippen LogP contribution in [-0.4, -0.2) is 32.0 Å². The monoisotopic (exact) mass is 354 g/mol. The molecule has 0 saturated carbocycles. The van der Waals surface area contributed by atoms with Crippen LogP contribution in [-0.2, 0) is 0 Å². The van der Waals surface area contributed by atoms with Gasteiger partial charge in [0.2, 0.25) is 0 Å². The summed E-state index contributed by atoms with van der Waals surface area (Å²) in [6, 6.07) is 8.50. The molecule has 7 nitrogen and oxygen atoms in total. The molecule has 0 bridgehead atoms. The second-order valence-corrected chi connectivity index (χ2v) is 6.97. The molecule has 2 aromatic rings. The summed E-state index contributed by atoms with van der Waals surface area (Å²) < 4.78 is 7.10. The summed E-state index contributed by atoms with van der Waals surface area (Å²) in [4.78, 5) is 24.1. The molecule has 0 saturated heterocycles. The summed E-state index contributed by atoms with van der Waals surface area (Å²) in [5.41, 5.74) is -2.98. The highest BCUT2D eigenvalue weighted by Crippen LogP contribution is 2.47. The molecule has 1 aromatic heterocycles. The van der Waals surface area contributed by atoms with Gasteiger partial charge in [-0.1, -0.05) is 0 Å². The van der Waals surface area contributed by atoms with Gasteiger partial charge in [-0.3, -0.25) is 4.79 Å². The van der Waals surface area contributed by atoms with Crippen LogP contribution >= 0.6 is 0 Å². The van der Waals surface area contributed by atoms with Crippen LogP contribution in [0.5, 0.6) is 5.75 Å². The van der Waals surface area contributed by atoms with Crippen molar-refractivity contribution in [3.63, 3.8) is 0 Å². The molecule has 1 aliphatic heterocycles. The zero-order valence-electron chi connectivity index (χ0n) is 14.6. The van der Waals surface area contributed by atoms with Crippen molar-refractivity contribution >= 4 is 5.97 Å². The lowest BCUT2D eigenvalue weighted by atomic mass is 9.75. The Morgan fingerprint density at radius 2 is 2.00 bits per heavy atom. The first kappa shape index (κ1) is 17.7. The fraction of sp³-hybridized carbons (Fsp3) is 0.316. The number of hydrogen-bond acceptors (Lipinski definition) is 5. The van der Waals surface area contributed by atoms with Crippen LogP contribution in [0.15, 0.2) is 41.3 Å². The lowest BCUT2D eigenvalue weighted by Gasteiger charge is -2.49. The highest BCUT2D eigenvalue weighted by atomic mass is 16.5. The minimum Gasteiger partial charge on any atom is -0.484 e. The zero-order chi connectivity index (χ0) is 19.3. The van der Waals surface area contributed by atoms with Crippen LogP contribution in [0.3, 0.4) is 0 Å². The van der Waals surface area contributed by atoms with Crippen molar-refractivity contribution < 1.29 is 19.7 Å². The number of aliphatic hydroxyl groups is 1. The van der Waals surface area contributed by atoms with Crippen LogP contribution in [0.4, 0.5) is 0 Å². The number of carboxylic acids is 1. The summed E-state index contributed by atoms with van der Waals surface area (Å²) in [6.07, 6.45) is 1.43. The smallest absolute Gasteiger partial charge is 0.341 e. The number of rotatable bonds is 2. The second-order valence-electron chi connectivity index (χ2n) is 6.97. The predicted molar refractivity (Wildman–Crippen MR) is 92.3 cm³/mol. The Kier molecular flexibility index (Phi) is 3.89. The molecule has 3 rings (SSSR count). The van der Waals surface area contributed by atoms with Crippen molar-refractivity contribution in [3.8, 4) is 11.8 Å². The number of aromatic nitrogens is 1. The molecule has 0 aliphatic carbocycles. The van der Waals surface area contributed by atoms with E-state index in [-0.39, 0.29) is 0 Å². The van der Waals surface area contributed by atoms with Crippen molar-refractivity contribution in [2.75, 3.05) is 0 Å². The predicted octanol–water partition coefficient (Wildman–Crippen LogP) is 1.93. The minimum absolute atomic E-state index is 0.343. The molecule has 2 unspecified atom stereocenters. The topological polar surface area (TPSA) is 113 Å². The third-order valence-electron chi connectivity index (χ3n) is 5.03. The van der Waals surface area contributed by atoms with E-state index >= 15 is 0 Å². The number of carbonyl (C=O) groups is 1. The normalized spacial score (nSPS) is 23.4. The number of pyridine rings is 1. The van der Waals surface area contributed by atoms with Crippen molar-refractivity contribution in [1.82, 2.24) is 4.57 Å². The molecule has 1 aliphatic rings. The highest BCUT2D eigenvalue weighted by molar-refractivity contribution is 5.87. The van der Waals surface area contributed by atoms with Gasteiger partial charge in [-0.05, 0) is 51.1 Å². The van der Waals surface area contributed by atoms with Gasteiger partial charge in [-0.25, -0.2) is 4.79 Å². The highest BCUT2D eigenvalue weighted by Gasteiger charge is 2.53. The number of aromatic carboxylic acids is 1. The van der Waals surface area contributed by atoms with E-state index in [9.17, 15) is 25.1 Å². The second kappa shape index (κ2) is 5.71. The minimum atomic E-state index is -1.56. The van der Waals surface area contributed by atoms with Gasteiger partial charge in [0.15, 0.2) is 0 Å². The lowest BCUT2D eigenvalue weighted by Crippen LogP contribution is -2.61. The lowest BCUT2D eigenvalue weighted by molar-refractivity contribution is -0.139. The fourth-order valence-electron chi connectivity index (χ4n) is 3.23. The summed E-state index contributed by atoms with van der Waals surface area (Å²) >= 11 is 0. The first-order valence-corrected chi connectivity index (χ1v) is 8.00. The molecule has 0 amide bonds. The molecule has 26 heavy (non-hydrogen) atoms. The third kappa shape index (κ3) is 2.47. The summed E-state index contributed by atoms with van der Waals surface area (Å²) in [7, 11) is 0. The molecule has 0 spiro atoms. The Bertz CT molecular complexity index is 998. The van der Waals surface area contributed by atoms with E-state index in [1.807, 2.05) is 6.07 Å². The van der Waals surface area contributed by atoms with Crippen molar-refractivity contribution in [1.29, 1.82) is 5.26 Å². The summed E-state index contributed by atoms with van der Waals surface area (Å²) in [5, 5.41) is 29.7. The first-order valence-electron chi connectivity index (χ1n) is 8.00. The maximum absolute atomic E-state index is 12.7. The molecular formula is C19H18N2O5. The van der Waals surface area contributed by atoms with Crippen LogP contribution < -0.4 is 10.3 Å². The summed E-state index contributed by atoms with van der Waals surface area (Å²) in [6.45, 7) is 4.90. The van der Waals surface area contributed by atoms with Gasteiger partial charge in [-0.2, -0.15) is 5.26 Å². The van der Waals surface area contributed by atoms with Gasteiger partial charge in [0.1, 0.15) is 22.5 Å². The van der Waals surface area contributed by atoms with Crippen molar-refractivity contribution in [2.45, 2.75) is 38.0 Å².